The highest BCUT2D eigenvalue weighted by atomic mass is 16.5. The van der Waals surface area contributed by atoms with Crippen molar-refractivity contribution in [3.05, 3.63) is 83.9 Å². The van der Waals surface area contributed by atoms with E-state index in [4.69, 9.17) is 4.74 Å². The van der Waals surface area contributed by atoms with Gasteiger partial charge in [0, 0.05) is 25.9 Å². The molecule has 7 N–H and O–H groups in total. The molecule has 8 rings (SSSR count). The molecule has 10 unspecified atom stereocenters. The number of likely N-dealkylation sites (tertiary alicyclic amines) is 2. The van der Waals surface area contributed by atoms with Crippen molar-refractivity contribution in [2.75, 3.05) is 33.8 Å². The van der Waals surface area contributed by atoms with Gasteiger partial charge in [-0.25, -0.2) is 0 Å². The SMILES string of the molecule is C=C.CC#CCOC1Cc2ccccc2C1NC(=O)C1CCCN1C(=O)C(NC(=O)C(C)NC)C1CCCCC1.CNC(C)C(=O)NC(C(=O)N1CCCC1C(=O)NC1c2ccccc2CC1O)C1CCCCC1. The lowest BCUT2D eigenvalue weighted by molar-refractivity contribution is -0.143. The quantitative estimate of drug-likeness (QED) is 0.0911. The third kappa shape index (κ3) is 14.2. The van der Waals surface area contributed by atoms with E-state index in [0.717, 1.165) is 99.3 Å². The summed E-state index contributed by atoms with van der Waals surface area (Å²) in [5.74, 6) is 4.90. The van der Waals surface area contributed by atoms with Gasteiger partial charge in [0.25, 0.3) is 0 Å². The molecule has 16 nitrogen and oxygen atoms in total. The lowest BCUT2D eigenvalue weighted by Crippen LogP contribution is -2.58. The molecule has 2 saturated heterocycles. The van der Waals surface area contributed by atoms with Crippen LogP contribution in [0.15, 0.2) is 61.7 Å². The Morgan fingerprint density at radius 3 is 1.53 bits per heavy atom. The van der Waals surface area contributed by atoms with E-state index >= 15 is 0 Å². The molecule has 6 amide bonds. The van der Waals surface area contributed by atoms with Crippen molar-refractivity contribution in [2.24, 2.45) is 11.8 Å². The fourth-order valence-electron chi connectivity index (χ4n) is 11.8. The highest BCUT2D eigenvalue weighted by Crippen LogP contribution is 2.36. The van der Waals surface area contributed by atoms with Gasteiger partial charge < -0.3 is 51.5 Å². The molecule has 0 spiro atoms. The van der Waals surface area contributed by atoms with Crippen LogP contribution in [0.4, 0.5) is 0 Å². The number of fused-ring (bicyclic) bond motifs is 2. The van der Waals surface area contributed by atoms with Gasteiger partial charge in [-0.15, -0.1) is 19.1 Å². The van der Waals surface area contributed by atoms with Crippen molar-refractivity contribution >= 4 is 35.4 Å². The largest absolute Gasteiger partial charge is 0.390 e. The highest BCUT2D eigenvalue weighted by molar-refractivity contribution is 5.95. The lowest BCUT2D eigenvalue weighted by atomic mass is 9.83. The molecule has 2 aliphatic heterocycles. The van der Waals surface area contributed by atoms with Crippen LogP contribution < -0.4 is 31.9 Å². The van der Waals surface area contributed by atoms with Crippen molar-refractivity contribution in [2.45, 2.75) is 184 Å². The molecular formula is C58H84N8O8. The lowest BCUT2D eigenvalue weighted by Gasteiger charge is -2.35. The maximum atomic E-state index is 14.0. The maximum absolute atomic E-state index is 14.0. The molecule has 2 heterocycles. The van der Waals surface area contributed by atoms with Crippen LogP contribution in [0.2, 0.25) is 0 Å². The van der Waals surface area contributed by atoms with Crippen LogP contribution in [0, 0.1) is 23.7 Å². The zero-order valence-corrected chi connectivity index (χ0v) is 44.6. The van der Waals surface area contributed by atoms with Gasteiger partial charge >= 0.3 is 0 Å². The Bertz CT molecular complexity index is 2290. The van der Waals surface area contributed by atoms with Crippen molar-refractivity contribution in [1.82, 2.24) is 41.7 Å². The number of aliphatic hydroxyl groups excluding tert-OH is 1. The van der Waals surface area contributed by atoms with Crippen molar-refractivity contribution < 1.29 is 38.6 Å². The number of nitrogens with zero attached hydrogens (tertiary/aromatic N) is 2. The average molecular weight is 1020 g/mol. The summed E-state index contributed by atoms with van der Waals surface area (Å²) in [6.07, 6.45) is 13.2. The number of carbonyl (C=O) groups is 6. The van der Waals surface area contributed by atoms with Gasteiger partial charge in [-0.05, 0) is 120 Å². The second-order valence-corrected chi connectivity index (χ2v) is 20.8. The van der Waals surface area contributed by atoms with Crippen molar-refractivity contribution in [1.29, 1.82) is 0 Å². The number of likely N-dealkylation sites (N-methyl/N-ethyl adjacent to an activating group) is 2. The molecule has 4 aliphatic carbocycles. The molecule has 2 aromatic carbocycles. The zero-order valence-electron chi connectivity index (χ0n) is 44.6. The second-order valence-electron chi connectivity index (χ2n) is 20.8. The fourth-order valence-corrected chi connectivity index (χ4v) is 11.8. The topological polar surface area (TPSA) is 211 Å². The second kappa shape index (κ2) is 28.3. The third-order valence-electron chi connectivity index (χ3n) is 16.2. The fraction of sp³-hybridized carbons (Fsp3) is 0.621. The number of aliphatic hydroxyl groups is 1. The Hall–Kier alpha value is -5.60. The van der Waals surface area contributed by atoms with Gasteiger partial charge in [-0.3, -0.25) is 28.8 Å². The van der Waals surface area contributed by atoms with Crippen LogP contribution >= 0.6 is 0 Å². The predicted molar refractivity (Wildman–Crippen MR) is 286 cm³/mol. The normalized spacial score (nSPS) is 24.9. The molecule has 0 aromatic heterocycles. The summed E-state index contributed by atoms with van der Waals surface area (Å²) in [4.78, 5) is 83.6. The minimum Gasteiger partial charge on any atom is -0.390 e. The van der Waals surface area contributed by atoms with Crippen LogP contribution in [0.5, 0.6) is 0 Å². The first kappa shape index (κ1) is 57.7. The summed E-state index contributed by atoms with van der Waals surface area (Å²) in [7, 11) is 3.45. The Morgan fingerprint density at radius 2 is 1.07 bits per heavy atom. The Morgan fingerprint density at radius 1 is 0.635 bits per heavy atom. The van der Waals surface area contributed by atoms with Crippen LogP contribution in [-0.2, 0) is 46.3 Å². The minimum atomic E-state index is -0.677. The van der Waals surface area contributed by atoms with Crippen molar-refractivity contribution in [3.8, 4) is 11.8 Å². The molecule has 0 bridgehead atoms. The minimum absolute atomic E-state index is 0.0853. The molecule has 404 valence electrons. The summed E-state index contributed by atoms with van der Waals surface area (Å²) in [6, 6.07) is 11.9. The Labute approximate surface area is 439 Å². The van der Waals surface area contributed by atoms with Gasteiger partial charge in [0.15, 0.2) is 0 Å². The maximum Gasteiger partial charge on any atom is 0.246 e. The van der Waals surface area contributed by atoms with Gasteiger partial charge in [0.1, 0.15) is 30.8 Å². The molecular weight excluding hydrogens is 937 g/mol. The van der Waals surface area contributed by atoms with Crippen LogP contribution in [0.3, 0.4) is 0 Å². The van der Waals surface area contributed by atoms with E-state index < -0.39 is 48.4 Å². The molecule has 74 heavy (non-hydrogen) atoms. The Kier molecular flexibility index (Phi) is 22.1. The number of hydrogen-bond donors (Lipinski definition) is 7. The Balaban J connectivity index is 0.000000234. The first-order valence-corrected chi connectivity index (χ1v) is 27.4. The van der Waals surface area contributed by atoms with E-state index in [0.29, 0.717) is 45.4 Å². The average Bonchev–Trinajstić information content (AvgIpc) is 4.26. The van der Waals surface area contributed by atoms with Gasteiger partial charge in [0.2, 0.25) is 35.4 Å². The number of carbonyl (C=O) groups excluding carboxylic acids is 6. The monoisotopic (exact) mass is 1020 g/mol. The van der Waals surface area contributed by atoms with Crippen LogP contribution in [-0.4, -0.2) is 133 Å². The molecule has 6 aliphatic rings. The summed E-state index contributed by atoms with van der Waals surface area (Å²) in [5, 5.41) is 28.7. The summed E-state index contributed by atoms with van der Waals surface area (Å²) < 4.78 is 6.05. The summed E-state index contributed by atoms with van der Waals surface area (Å²) in [6.45, 7) is 12.7. The molecule has 2 aromatic rings. The van der Waals surface area contributed by atoms with E-state index in [9.17, 15) is 33.9 Å². The first-order chi connectivity index (χ1) is 35.8. The summed E-state index contributed by atoms with van der Waals surface area (Å²) >= 11 is 0. The number of ether oxygens (including phenoxy) is 1. The number of nitrogens with one attached hydrogen (secondary N) is 6. The van der Waals surface area contributed by atoms with E-state index in [1.165, 1.54) is 0 Å². The number of rotatable bonds is 16. The van der Waals surface area contributed by atoms with E-state index in [1.807, 2.05) is 42.5 Å². The highest BCUT2D eigenvalue weighted by Gasteiger charge is 2.45. The number of hydrogen-bond acceptors (Lipinski definition) is 10. The first-order valence-electron chi connectivity index (χ1n) is 27.4. The van der Waals surface area contributed by atoms with E-state index in [1.54, 1.807) is 44.7 Å². The molecule has 16 heteroatoms. The molecule has 2 saturated carbocycles. The van der Waals surface area contributed by atoms with Crippen molar-refractivity contribution in [3.63, 3.8) is 0 Å². The number of benzene rings is 2. The van der Waals surface area contributed by atoms with Gasteiger partial charge in [0.05, 0.1) is 36.4 Å². The van der Waals surface area contributed by atoms with Gasteiger partial charge in [-0.1, -0.05) is 93.0 Å². The zero-order chi connectivity index (χ0) is 53.3. The molecule has 10 atom stereocenters. The van der Waals surface area contributed by atoms with E-state index in [2.05, 4.69) is 63.0 Å². The molecule has 4 fully saturated rings. The number of amides is 6. The van der Waals surface area contributed by atoms with E-state index in [-0.39, 0.29) is 59.4 Å². The summed E-state index contributed by atoms with van der Waals surface area (Å²) in [5.41, 5.74) is 4.19. The predicted octanol–water partition coefficient (Wildman–Crippen LogP) is 4.70. The third-order valence-corrected chi connectivity index (χ3v) is 16.2. The van der Waals surface area contributed by atoms with Crippen LogP contribution in [0.25, 0.3) is 0 Å². The molecule has 0 radical (unpaired) electrons. The smallest absolute Gasteiger partial charge is 0.246 e. The van der Waals surface area contributed by atoms with Crippen LogP contribution in [0.1, 0.15) is 145 Å². The standard InChI is InChI=1S/C30H42N4O4.C26H38N4O4.C2H4/c1-4-5-18-38-25-19-22-14-9-10-15-23(22)27(25)33-29(36)24-16-11-17-34(24)30(37)26(21-12-7-6-8-13-21)32-28(35)20(2)31-3;1-16(27-2)24(32)28-22(17-9-4-3-5-10-17)26(34)30-14-8-13-20(30)25(33)29-23-19-12-7-6-11-18(19)15-21(23)31;1-2/h9-10,14-15,20-21,24-27,31H,6-8,11-13,16-19H2,1-3H3,(H,32,35)(H,33,36);6-7,11-12,16-17,20-23,27,31H,3-5,8-10,13-15H2,1-2H3,(H,28,32)(H,29,33);1-2H2. The van der Waals surface area contributed by atoms with Gasteiger partial charge in [-0.2, -0.15) is 0 Å².